The zero-order valence-electron chi connectivity index (χ0n) is 20.1. The lowest BCUT2D eigenvalue weighted by atomic mass is 9.98. The fraction of sp³-hybridized carbons (Fsp3) is 0.462. The van der Waals surface area contributed by atoms with Crippen molar-refractivity contribution in [3.05, 3.63) is 70.3 Å². The van der Waals surface area contributed by atoms with E-state index >= 15 is 0 Å². The molecular weight excluding hydrogens is 524 g/mol. The van der Waals surface area contributed by atoms with Gasteiger partial charge in [-0.3, -0.25) is 9.59 Å². The Hall–Kier alpha value is -3.18. The van der Waals surface area contributed by atoms with Gasteiger partial charge in [-0.25, -0.2) is 8.78 Å². The minimum Gasteiger partial charge on any atom is -0.347 e. The number of carbonyl (C=O) groups excluding carboxylic acids is 2. The van der Waals surface area contributed by atoms with Crippen LogP contribution in [0, 0.1) is 17.6 Å². The molecule has 0 bridgehead atoms. The van der Waals surface area contributed by atoms with Gasteiger partial charge in [0.25, 0.3) is 5.91 Å². The minimum absolute atomic E-state index is 0.0539. The number of rotatable bonds is 6. The van der Waals surface area contributed by atoms with Crippen LogP contribution in [0.3, 0.4) is 0 Å². The monoisotopic (exact) mass is 548 g/mol. The average molecular weight is 548 g/mol. The van der Waals surface area contributed by atoms with Crippen LogP contribution in [0.4, 0.5) is 35.1 Å². The summed E-state index contributed by atoms with van der Waals surface area (Å²) in [7, 11) is 0. The molecule has 206 valence electrons. The van der Waals surface area contributed by atoms with Crippen molar-refractivity contribution >= 4 is 11.8 Å². The van der Waals surface area contributed by atoms with Gasteiger partial charge in [-0.05, 0) is 68.4 Å². The highest BCUT2D eigenvalue weighted by Crippen LogP contribution is 2.44. The molecule has 0 aromatic heterocycles. The molecule has 2 aromatic rings. The van der Waals surface area contributed by atoms with E-state index in [1.54, 1.807) is 6.92 Å². The number of likely N-dealkylation sites (tertiary alicyclic amines) is 1. The number of hydrogen-bond donors (Lipinski definition) is 1. The molecule has 2 fully saturated rings. The van der Waals surface area contributed by atoms with Gasteiger partial charge in [-0.15, -0.1) is 0 Å². The summed E-state index contributed by atoms with van der Waals surface area (Å²) in [5.74, 6) is -4.87. The molecule has 1 aliphatic carbocycles. The van der Waals surface area contributed by atoms with Crippen LogP contribution in [0.2, 0.25) is 0 Å². The predicted molar refractivity (Wildman–Crippen MR) is 120 cm³/mol. The van der Waals surface area contributed by atoms with Gasteiger partial charge in [0.2, 0.25) is 5.91 Å². The molecular formula is C26H24F8N2O2. The molecule has 0 radical (unpaired) electrons. The number of nitrogens with zero attached hydrogens (tertiary/aromatic N) is 1. The van der Waals surface area contributed by atoms with E-state index in [0.29, 0.717) is 37.8 Å². The zero-order valence-corrected chi connectivity index (χ0v) is 20.1. The zero-order chi connectivity index (χ0) is 28.0. The summed E-state index contributed by atoms with van der Waals surface area (Å²) in [5, 5.41) is 2.58. The molecule has 3 atom stereocenters. The Morgan fingerprint density at radius 2 is 1.63 bits per heavy atom. The van der Waals surface area contributed by atoms with Gasteiger partial charge in [0.1, 0.15) is 17.7 Å². The number of hydrogen-bond acceptors (Lipinski definition) is 2. The maximum absolute atomic E-state index is 14.7. The highest BCUT2D eigenvalue weighted by atomic mass is 19.4. The van der Waals surface area contributed by atoms with Crippen LogP contribution in [0.1, 0.15) is 72.1 Å². The number of amides is 2. The molecule has 0 spiro atoms. The topological polar surface area (TPSA) is 49.4 Å². The van der Waals surface area contributed by atoms with Gasteiger partial charge in [-0.2, -0.15) is 26.3 Å². The standard InChI is InChI=1S/C26H24F8N2O2/c1-2-16-8-9-21(36(16)24(38)14-4-3-5-15(10-14)25(29,30)31)23(37)35-22(13-6-7-13)17-11-20(28)18(12-19(17)27)26(32,33)34/h3-5,10-13,16,21-22H,2,6-9H2,1H3,(H,35,37)/t16-,21-,22?/m1/s1. The number of halogens is 8. The molecule has 1 aliphatic heterocycles. The fourth-order valence-electron chi connectivity index (χ4n) is 4.97. The van der Waals surface area contributed by atoms with Crippen molar-refractivity contribution in [2.45, 2.75) is 69.5 Å². The molecule has 2 amide bonds. The maximum Gasteiger partial charge on any atom is 0.419 e. The van der Waals surface area contributed by atoms with Crippen LogP contribution in [0.15, 0.2) is 36.4 Å². The maximum atomic E-state index is 14.7. The lowest BCUT2D eigenvalue weighted by molar-refractivity contribution is -0.140. The smallest absolute Gasteiger partial charge is 0.347 e. The molecule has 1 unspecified atom stereocenters. The first kappa shape index (κ1) is 27.8. The van der Waals surface area contributed by atoms with Crippen LogP contribution in [-0.4, -0.2) is 28.8 Å². The summed E-state index contributed by atoms with van der Waals surface area (Å²) in [6.07, 6.45) is -7.78. The second-order valence-electron chi connectivity index (χ2n) is 9.62. The first-order chi connectivity index (χ1) is 17.7. The van der Waals surface area contributed by atoms with E-state index in [1.165, 1.54) is 11.0 Å². The highest BCUT2D eigenvalue weighted by Gasteiger charge is 2.44. The third kappa shape index (κ3) is 5.63. The van der Waals surface area contributed by atoms with Crippen molar-refractivity contribution in [2.24, 2.45) is 5.92 Å². The van der Waals surface area contributed by atoms with Crippen LogP contribution in [0.5, 0.6) is 0 Å². The van der Waals surface area contributed by atoms with E-state index in [-0.39, 0.29) is 24.0 Å². The van der Waals surface area contributed by atoms with Crippen molar-refractivity contribution in [1.29, 1.82) is 0 Å². The van der Waals surface area contributed by atoms with E-state index in [1.807, 2.05) is 0 Å². The van der Waals surface area contributed by atoms with Crippen LogP contribution >= 0.6 is 0 Å². The first-order valence-corrected chi connectivity index (χ1v) is 12.1. The number of alkyl halides is 6. The van der Waals surface area contributed by atoms with Crippen LogP contribution in [0.25, 0.3) is 0 Å². The molecule has 1 saturated heterocycles. The Morgan fingerprint density at radius 1 is 0.947 bits per heavy atom. The lowest BCUT2D eigenvalue weighted by Crippen LogP contribution is -2.49. The third-order valence-corrected chi connectivity index (χ3v) is 7.07. The van der Waals surface area contributed by atoms with E-state index in [4.69, 9.17) is 0 Å². The second-order valence-corrected chi connectivity index (χ2v) is 9.62. The summed E-state index contributed by atoms with van der Waals surface area (Å²) in [6, 6.07) is 1.62. The highest BCUT2D eigenvalue weighted by molar-refractivity contribution is 5.98. The quantitative estimate of drug-likeness (QED) is 0.411. The Labute approximate surface area is 213 Å². The summed E-state index contributed by atoms with van der Waals surface area (Å²) < 4.78 is 107. The van der Waals surface area contributed by atoms with Crippen molar-refractivity contribution < 1.29 is 44.7 Å². The van der Waals surface area contributed by atoms with Gasteiger partial charge in [0.15, 0.2) is 0 Å². The van der Waals surface area contributed by atoms with Gasteiger partial charge < -0.3 is 10.2 Å². The Bertz CT molecular complexity index is 1220. The molecule has 1 heterocycles. The van der Waals surface area contributed by atoms with E-state index < -0.39 is 70.6 Å². The van der Waals surface area contributed by atoms with Gasteiger partial charge in [-0.1, -0.05) is 13.0 Å². The Balaban J connectivity index is 1.61. The third-order valence-electron chi connectivity index (χ3n) is 7.07. The van der Waals surface area contributed by atoms with Crippen molar-refractivity contribution in [3.63, 3.8) is 0 Å². The van der Waals surface area contributed by atoms with E-state index in [2.05, 4.69) is 5.32 Å². The number of benzene rings is 2. The molecule has 1 saturated carbocycles. The number of nitrogens with one attached hydrogen (secondary N) is 1. The van der Waals surface area contributed by atoms with Crippen molar-refractivity contribution in [2.75, 3.05) is 0 Å². The minimum atomic E-state index is -5.11. The van der Waals surface area contributed by atoms with Crippen LogP contribution in [-0.2, 0) is 17.1 Å². The van der Waals surface area contributed by atoms with Crippen molar-refractivity contribution in [3.8, 4) is 0 Å². The SMILES string of the molecule is CC[C@@H]1CC[C@H](C(=O)NC(c2cc(F)c(C(F)(F)F)cc2F)C2CC2)N1C(=O)c1cccc(C(F)(F)F)c1. The molecule has 4 rings (SSSR count). The molecule has 1 N–H and O–H groups in total. The molecule has 4 nitrogen and oxygen atoms in total. The van der Waals surface area contributed by atoms with Gasteiger partial charge in [0.05, 0.1) is 17.2 Å². The molecule has 2 aromatic carbocycles. The fourth-order valence-corrected chi connectivity index (χ4v) is 4.97. The lowest BCUT2D eigenvalue weighted by Gasteiger charge is -2.31. The largest absolute Gasteiger partial charge is 0.419 e. The van der Waals surface area contributed by atoms with Crippen molar-refractivity contribution in [1.82, 2.24) is 10.2 Å². The first-order valence-electron chi connectivity index (χ1n) is 12.1. The van der Waals surface area contributed by atoms with Crippen LogP contribution < -0.4 is 5.32 Å². The van der Waals surface area contributed by atoms with Gasteiger partial charge in [0, 0.05) is 17.2 Å². The predicted octanol–water partition coefficient (Wildman–Crippen LogP) is 6.65. The molecule has 12 heteroatoms. The normalized spacial score (nSPS) is 20.9. The average Bonchev–Trinajstić information content (AvgIpc) is 3.59. The Kier molecular flexibility index (Phi) is 7.46. The number of carbonyl (C=O) groups is 2. The molecule has 2 aliphatic rings. The van der Waals surface area contributed by atoms with Gasteiger partial charge >= 0.3 is 12.4 Å². The van der Waals surface area contributed by atoms with E-state index in [9.17, 15) is 44.7 Å². The van der Waals surface area contributed by atoms with E-state index in [0.717, 1.165) is 12.1 Å². The molecule has 38 heavy (non-hydrogen) atoms. The summed E-state index contributed by atoms with van der Waals surface area (Å²) in [4.78, 5) is 27.8. The summed E-state index contributed by atoms with van der Waals surface area (Å²) in [6.45, 7) is 1.75. The summed E-state index contributed by atoms with van der Waals surface area (Å²) in [5.41, 5.74) is -3.48. The second kappa shape index (κ2) is 10.2. The Morgan fingerprint density at radius 3 is 2.21 bits per heavy atom. The summed E-state index contributed by atoms with van der Waals surface area (Å²) >= 11 is 0.